The lowest BCUT2D eigenvalue weighted by Crippen LogP contribution is -2.20. The van der Waals surface area contributed by atoms with Crippen LogP contribution in [0, 0.1) is 13.8 Å². The van der Waals surface area contributed by atoms with Crippen LogP contribution in [0.15, 0.2) is 85.2 Å². The number of aryl methyl sites for hydroxylation is 2. The van der Waals surface area contributed by atoms with Crippen molar-refractivity contribution in [2.75, 3.05) is 17.2 Å². The van der Waals surface area contributed by atoms with Gasteiger partial charge in [0.05, 0.1) is 5.69 Å². The zero-order valence-corrected chi connectivity index (χ0v) is 18.0. The van der Waals surface area contributed by atoms with E-state index in [-0.39, 0.29) is 12.5 Å². The fourth-order valence-corrected chi connectivity index (χ4v) is 3.34. The predicted molar refractivity (Wildman–Crippen MR) is 127 cm³/mol. The summed E-state index contributed by atoms with van der Waals surface area (Å²) in [6.07, 6.45) is 1.54. The van der Waals surface area contributed by atoms with Crippen LogP contribution in [-0.2, 0) is 4.79 Å². The molecule has 0 spiro atoms. The summed E-state index contributed by atoms with van der Waals surface area (Å²) in [6, 6.07) is 25.1. The van der Waals surface area contributed by atoms with Gasteiger partial charge in [0.1, 0.15) is 17.9 Å². The van der Waals surface area contributed by atoms with Crippen molar-refractivity contribution < 1.29 is 9.53 Å². The highest BCUT2D eigenvalue weighted by atomic mass is 16.5. The van der Waals surface area contributed by atoms with Crippen molar-refractivity contribution in [1.82, 2.24) is 9.97 Å². The van der Waals surface area contributed by atoms with Crippen molar-refractivity contribution >= 4 is 23.1 Å². The van der Waals surface area contributed by atoms with Gasteiger partial charge in [0.15, 0.2) is 6.61 Å². The van der Waals surface area contributed by atoms with Crippen LogP contribution in [-0.4, -0.2) is 22.5 Å². The smallest absolute Gasteiger partial charge is 0.262 e. The summed E-state index contributed by atoms with van der Waals surface area (Å²) in [5.74, 6) is 1.17. The monoisotopic (exact) mass is 424 g/mol. The molecule has 6 heteroatoms. The fraction of sp³-hybridized carbons (Fsp3) is 0.115. The van der Waals surface area contributed by atoms with Crippen molar-refractivity contribution in [1.29, 1.82) is 0 Å². The highest BCUT2D eigenvalue weighted by molar-refractivity contribution is 5.92. The summed E-state index contributed by atoms with van der Waals surface area (Å²) in [7, 11) is 0. The van der Waals surface area contributed by atoms with Crippen molar-refractivity contribution in [3.8, 4) is 17.0 Å². The predicted octanol–water partition coefficient (Wildman–Crippen LogP) is 5.52. The van der Waals surface area contributed by atoms with E-state index in [1.807, 2.05) is 86.6 Å². The third kappa shape index (κ3) is 5.70. The molecule has 1 amide bonds. The molecule has 2 N–H and O–H groups in total. The molecule has 0 radical (unpaired) electrons. The lowest BCUT2D eigenvalue weighted by atomic mass is 10.1. The number of rotatable bonds is 7. The van der Waals surface area contributed by atoms with Crippen LogP contribution >= 0.6 is 0 Å². The van der Waals surface area contributed by atoms with E-state index in [1.54, 1.807) is 0 Å². The molecule has 0 aliphatic carbocycles. The summed E-state index contributed by atoms with van der Waals surface area (Å²) in [5.41, 5.74) is 5.62. The topological polar surface area (TPSA) is 76.1 Å². The van der Waals surface area contributed by atoms with Gasteiger partial charge in [-0.1, -0.05) is 36.4 Å². The molecular formula is C26H24N4O2. The van der Waals surface area contributed by atoms with Gasteiger partial charge in [0.25, 0.3) is 5.91 Å². The van der Waals surface area contributed by atoms with Gasteiger partial charge in [-0.05, 0) is 61.4 Å². The van der Waals surface area contributed by atoms with Gasteiger partial charge >= 0.3 is 0 Å². The van der Waals surface area contributed by atoms with E-state index in [0.29, 0.717) is 17.3 Å². The number of amides is 1. The molecule has 6 nitrogen and oxygen atoms in total. The maximum absolute atomic E-state index is 12.2. The van der Waals surface area contributed by atoms with Crippen molar-refractivity contribution in [2.24, 2.45) is 0 Å². The Kier molecular flexibility index (Phi) is 6.41. The number of hydrogen-bond donors (Lipinski definition) is 2. The molecule has 0 saturated carbocycles. The second-order valence-electron chi connectivity index (χ2n) is 7.52. The minimum atomic E-state index is -0.215. The first-order valence-electron chi connectivity index (χ1n) is 10.3. The first kappa shape index (κ1) is 21.1. The zero-order chi connectivity index (χ0) is 22.3. The molecule has 0 aliphatic heterocycles. The lowest BCUT2D eigenvalue weighted by molar-refractivity contribution is -0.118. The summed E-state index contributed by atoms with van der Waals surface area (Å²) in [5, 5.41) is 6.11. The molecule has 0 aliphatic rings. The third-order valence-corrected chi connectivity index (χ3v) is 4.74. The normalized spacial score (nSPS) is 10.4. The molecule has 0 atom stereocenters. The molecule has 32 heavy (non-hydrogen) atoms. The first-order chi connectivity index (χ1) is 15.5. The number of anilines is 3. The van der Waals surface area contributed by atoms with Crippen LogP contribution in [0.25, 0.3) is 11.3 Å². The second-order valence-corrected chi connectivity index (χ2v) is 7.52. The van der Waals surface area contributed by atoms with E-state index in [4.69, 9.17) is 4.74 Å². The van der Waals surface area contributed by atoms with Crippen molar-refractivity contribution in [2.45, 2.75) is 13.8 Å². The quantitative estimate of drug-likeness (QED) is 0.408. The molecular weight excluding hydrogens is 400 g/mol. The number of benzene rings is 3. The van der Waals surface area contributed by atoms with Gasteiger partial charge in [0, 0.05) is 23.0 Å². The largest absolute Gasteiger partial charge is 0.484 e. The van der Waals surface area contributed by atoms with Crippen molar-refractivity contribution in [3.63, 3.8) is 0 Å². The summed E-state index contributed by atoms with van der Waals surface area (Å²) < 4.78 is 5.61. The molecule has 0 saturated heterocycles. The van der Waals surface area contributed by atoms with Gasteiger partial charge in [-0.3, -0.25) is 4.79 Å². The highest BCUT2D eigenvalue weighted by Gasteiger charge is 2.06. The Morgan fingerprint density at radius 1 is 0.844 bits per heavy atom. The van der Waals surface area contributed by atoms with Crippen LogP contribution in [0.1, 0.15) is 11.1 Å². The Morgan fingerprint density at radius 2 is 1.53 bits per heavy atom. The average molecular weight is 425 g/mol. The molecule has 0 fully saturated rings. The van der Waals surface area contributed by atoms with Gasteiger partial charge in [0.2, 0.25) is 0 Å². The maximum Gasteiger partial charge on any atom is 0.262 e. The standard InChI is InChI=1S/C26H24N4O2/c1-18-12-19(2)14-23(13-18)32-16-26(31)30-22-10-8-21(9-11-22)29-25-15-24(27-17-28-25)20-6-4-3-5-7-20/h3-15,17H,16H2,1-2H3,(H,30,31)(H,27,28,29). The fourth-order valence-electron chi connectivity index (χ4n) is 3.34. The van der Waals surface area contributed by atoms with E-state index in [1.165, 1.54) is 6.33 Å². The van der Waals surface area contributed by atoms with Crippen LogP contribution in [0.3, 0.4) is 0 Å². The third-order valence-electron chi connectivity index (χ3n) is 4.74. The Hall–Kier alpha value is -4.19. The highest BCUT2D eigenvalue weighted by Crippen LogP contribution is 2.22. The van der Waals surface area contributed by atoms with Crippen LogP contribution in [0.5, 0.6) is 5.75 Å². The number of carbonyl (C=O) groups excluding carboxylic acids is 1. The number of hydrogen-bond acceptors (Lipinski definition) is 5. The average Bonchev–Trinajstić information content (AvgIpc) is 2.79. The maximum atomic E-state index is 12.2. The molecule has 160 valence electrons. The van der Waals surface area contributed by atoms with E-state index < -0.39 is 0 Å². The molecule has 4 aromatic rings. The zero-order valence-electron chi connectivity index (χ0n) is 18.0. The van der Waals surface area contributed by atoms with Crippen LogP contribution in [0.2, 0.25) is 0 Å². The minimum Gasteiger partial charge on any atom is -0.484 e. The van der Waals surface area contributed by atoms with Gasteiger partial charge in [-0.2, -0.15) is 0 Å². The second kappa shape index (κ2) is 9.75. The molecule has 1 aromatic heterocycles. The number of nitrogens with zero attached hydrogens (tertiary/aromatic N) is 2. The van der Waals surface area contributed by atoms with Gasteiger partial charge in [-0.25, -0.2) is 9.97 Å². The molecule has 0 bridgehead atoms. The first-order valence-corrected chi connectivity index (χ1v) is 10.3. The molecule has 0 unspecified atom stereocenters. The number of nitrogens with one attached hydrogen (secondary N) is 2. The molecule has 4 rings (SSSR count). The number of ether oxygens (including phenoxy) is 1. The van der Waals surface area contributed by atoms with E-state index in [9.17, 15) is 4.79 Å². The van der Waals surface area contributed by atoms with E-state index >= 15 is 0 Å². The summed E-state index contributed by atoms with van der Waals surface area (Å²) in [4.78, 5) is 20.9. The molecule has 1 heterocycles. The Balaban J connectivity index is 1.33. The minimum absolute atomic E-state index is 0.0495. The number of aromatic nitrogens is 2. The Labute approximate surface area is 187 Å². The van der Waals surface area contributed by atoms with E-state index in [2.05, 4.69) is 26.7 Å². The van der Waals surface area contributed by atoms with Gasteiger partial charge in [-0.15, -0.1) is 0 Å². The van der Waals surface area contributed by atoms with Crippen LogP contribution in [0.4, 0.5) is 17.2 Å². The summed E-state index contributed by atoms with van der Waals surface area (Å²) in [6.45, 7) is 3.95. The number of carbonyl (C=O) groups is 1. The summed E-state index contributed by atoms with van der Waals surface area (Å²) >= 11 is 0. The Morgan fingerprint density at radius 3 is 2.25 bits per heavy atom. The SMILES string of the molecule is Cc1cc(C)cc(OCC(=O)Nc2ccc(Nc3cc(-c4ccccc4)ncn3)cc2)c1. The van der Waals surface area contributed by atoms with Crippen LogP contribution < -0.4 is 15.4 Å². The van der Waals surface area contributed by atoms with Crippen molar-refractivity contribution in [3.05, 3.63) is 96.3 Å². The Bertz CT molecular complexity index is 1190. The molecule has 3 aromatic carbocycles. The van der Waals surface area contributed by atoms with E-state index in [0.717, 1.165) is 28.1 Å². The lowest BCUT2D eigenvalue weighted by Gasteiger charge is -2.10. The van der Waals surface area contributed by atoms with Gasteiger partial charge < -0.3 is 15.4 Å².